The normalized spacial score (nSPS) is 12.1. The summed E-state index contributed by atoms with van der Waals surface area (Å²) in [6, 6.07) is 11.2. The first-order chi connectivity index (χ1) is 13.6. The van der Waals surface area contributed by atoms with Crippen LogP contribution < -0.4 is 14.4 Å². The molecule has 0 saturated heterocycles. The third-order valence-corrected chi connectivity index (χ3v) is 5.35. The molecule has 0 aliphatic heterocycles. The van der Waals surface area contributed by atoms with E-state index in [-0.39, 0.29) is 17.9 Å². The second kappa shape index (κ2) is 9.37. The molecule has 156 valence electrons. The van der Waals surface area contributed by atoms with Crippen LogP contribution in [0, 0.1) is 10.1 Å². The van der Waals surface area contributed by atoms with Crippen LogP contribution in [-0.4, -0.2) is 38.2 Å². The molecule has 0 aliphatic carbocycles. The van der Waals surface area contributed by atoms with Crippen molar-refractivity contribution in [2.75, 3.05) is 17.2 Å². The quantitative estimate of drug-likeness (QED) is 0.491. The van der Waals surface area contributed by atoms with Gasteiger partial charge in [0, 0.05) is 24.2 Å². The third kappa shape index (κ3) is 5.67. The molecule has 0 radical (unpaired) electrons. The highest BCUT2D eigenvalue weighted by atomic mass is 32.2. The van der Waals surface area contributed by atoms with Gasteiger partial charge in [-0.1, -0.05) is 24.3 Å². The molecule has 0 spiro atoms. The predicted octanol–water partition coefficient (Wildman–Crippen LogP) is 2.46. The maximum atomic E-state index is 12.7. The smallest absolute Gasteiger partial charge is 0.271 e. The number of anilines is 1. The molecule has 29 heavy (non-hydrogen) atoms. The summed E-state index contributed by atoms with van der Waals surface area (Å²) in [6.07, 6.45) is 0.944. The lowest BCUT2D eigenvalue weighted by atomic mass is 10.2. The van der Waals surface area contributed by atoms with Gasteiger partial charge in [-0.3, -0.25) is 19.2 Å². The van der Waals surface area contributed by atoms with Crippen LogP contribution in [0.1, 0.15) is 19.4 Å². The Labute approximate surface area is 169 Å². The summed E-state index contributed by atoms with van der Waals surface area (Å²) in [5.41, 5.74) is 0.518. The summed E-state index contributed by atoms with van der Waals surface area (Å²) in [5, 5.41) is 13.7. The van der Waals surface area contributed by atoms with E-state index in [1.54, 1.807) is 18.2 Å². The summed E-state index contributed by atoms with van der Waals surface area (Å²) >= 11 is 0. The summed E-state index contributed by atoms with van der Waals surface area (Å²) in [5.74, 6) is 0.0786. The number of hydrogen-bond donors (Lipinski definition) is 1. The lowest BCUT2D eigenvalue weighted by molar-refractivity contribution is -0.384. The van der Waals surface area contributed by atoms with E-state index < -0.39 is 26.9 Å². The highest BCUT2D eigenvalue weighted by Gasteiger charge is 2.30. The van der Waals surface area contributed by atoms with E-state index in [4.69, 9.17) is 4.74 Å². The zero-order chi connectivity index (χ0) is 21.6. The molecule has 2 aromatic rings. The van der Waals surface area contributed by atoms with Gasteiger partial charge in [-0.25, -0.2) is 8.42 Å². The van der Waals surface area contributed by atoms with Gasteiger partial charge in [0.2, 0.25) is 15.9 Å². The van der Waals surface area contributed by atoms with Gasteiger partial charge in [0.15, 0.2) is 0 Å². The third-order valence-electron chi connectivity index (χ3n) is 4.11. The first-order valence-electron chi connectivity index (χ1n) is 8.87. The zero-order valence-electron chi connectivity index (χ0n) is 16.4. The molecular formula is C19H23N3O6S. The number of hydrogen-bond acceptors (Lipinski definition) is 6. The molecule has 2 aromatic carbocycles. The molecule has 1 atom stereocenters. The van der Waals surface area contributed by atoms with Crippen LogP contribution in [0.15, 0.2) is 48.5 Å². The lowest BCUT2D eigenvalue weighted by Crippen LogP contribution is -2.47. The van der Waals surface area contributed by atoms with Crippen LogP contribution in [0.4, 0.5) is 11.4 Å². The van der Waals surface area contributed by atoms with Gasteiger partial charge in [0.05, 0.1) is 23.5 Å². The summed E-state index contributed by atoms with van der Waals surface area (Å²) in [6.45, 7) is 3.88. The van der Waals surface area contributed by atoms with Crippen molar-refractivity contribution in [1.82, 2.24) is 5.32 Å². The molecular weight excluding hydrogens is 398 g/mol. The summed E-state index contributed by atoms with van der Waals surface area (Å²) < 4.78 is 31.0. The van der Waals surface area contributed by atoms with Gasteiger partial charge in [-0.2, -0.15) is 0 Å². The molecule has 10 heteroatoms. The SMILES string of the molecule is CCOc1ccccc1CNC(=O)[C@H](C)N(c1cccc([N+](=O)[O-])c1)S(C)(=O)=O. The topological polar surface area (TPSA) is 119 Å². The lowest BCUT2D eigenvalue weighted by Gasteiger charge is -2.28. The van der Waals surface area contributed by atoms with Crippen LogP contribution in [0.3, 0.4) is 0 Å². The minimum Gasteiger partial charge on any atom is -0.494 e. The van der Waals surface area contributed by atoms with Crippen LogP contribution in [0.2, 0.25) is 0 Å². The summed E-state index contributed by atoms with van der Waals surface area (Å²) in [4.78, 5) is 23.1. The number of nitro benzene ring substituents is 1. The predicted molar refractivity (Wildman–Crippen MR) is 109 cm³/mol. The molecule has 0 saturated carbocycles. The molecule has 0 aliphatic rings. The van der Waals surface area contributed by atoms with Crippen LogP contribution in [-0.2, 0) is 21.4 Å². The Balaban J connectivity index is 2.24. The molecule has 0 bridgehead atoms. The van der Waals surface area contributed by atoms with Gasteiger partial charge < -0.3 is 10.1 Å². The van der Waals surface area contributed by atoms with Gasteiger partial charge in [-0.15, -0.1) is 0 Å². The molecule has 1 amide bonds. The Bertz CT molecular complexity index is 993. The second-order valence-corrected chi connectivity index (χ2v) is 8.13. The minimum absolute atomic E-state index is 0.0408. The number of amides is 1. The molecule has 2 rings (SSSR count). The van der Waals surface area contributed by atoms with E-state index in [0.717, 1.165) is 22.2 Å². The van der Waals surface area contributed by atoms with Crippen molar-refractivity contribution in [3.8, 4) is 5.75 Å². The Morgan fingerprint density at radius 3 is 2.55 bits per heavy atom. The number of nitrogens with zero attached hydrogens (tertiary/aromatic N) is 2. The zero-order valence-corrected chi connectivity index (χ0v) is 17.2. The van der Waals surface area contributed by atoms with Crippen LogP contribution in [0.25, 0.3) is 0 Å². The van der Waals surface area contributed by atoms with E-state index in [0.29, 0.717) is 12.4 Å². The number of ether oxygens (including phenoxy) is 1. The highest BCUT2D eigenvalue weighted by molar-refractivity contribution is 7.92. The van der Waals surface area contributed by atoms with E-state index in [2.05, 4.69) is 5.32 Å². The molecule has 0 unspecified atom stereocenters. The van der Waals surface area contributed by atoms with Gasteiger partial charge in [-0.05, 0) is 26.0 Å². The van der Waals surface area contributed by atoms with E-state index in [1.165, 1.54) is 25.1 Å². The number of benzene rings is 2. The monoisotopic (exact) mass is 421 g/mol. The van der Waals surface area contributed by atoms with E-state index >= 15 is 0 Å². The Hall–Kier alpha value is -3.14. The van der Waals surface area contributed by atoms with E-state index in [1.807, 2.05) is 13.0 Å². The van der Waals surface area contributed by atoms with Crippen molar-refractivity contribution in [3.63, 3.8) is 0 Å². The average molecular weight is 421 g/mol. The standard InChI is InChI=1S/C19H23N3O6S/c1-4-28-18-11-6-5-8-15(18)13-20-19(23)14(2)21(29(3,26)27)16-9-7-10-17(12-16)22(24)25/h5-12,14H,4,13H2,1-3H3,(H,20,23)/t14-/m0/s1. The molecule has 0 aromatic heterocycles. The van der Waals surface area contributed by atoms with Gasteiger partial charge in [0.1, 0.15) is 11.8 Å². The Kier molecular flexibility index (Phi) is 7.16. The summed E-state index contributed by atoms with van der Waals surface area (Å²) in [7, 11) is -3.88. The fourth-order valence-electron chi connectivity index (χ4n) is 2.83. The second-order valence-electron chi connectivity index (χ2n) is 6.27. The number of nitro groups is 1. The van der Waals surface area contributed by atoms with Crippen molar-refractivity contribution in [2.24, 2.45) is 0 Å². The largest absolute Gasteiger partial charge is 0.494 e. The minimum atomic E-state index is -3.88. The number of carbonyl (C=O) groups is 1. The molecule has 1 N–H and O–H groups in total. The van der Waals surface area contributed by atoms with Crippen molar-refractivity contribution in [2.45, 2.75) is 26.4 Å². The molecule has 9 nitrogen and oxygen atoms in total. The Morgan fingerprint density at radius 2 is 1.93 bits per heavy atom. The van der Waals surface area contributed by atoms with E-state index in [9.17, 15) is 23.3 Å². The highest BCUT2D eigenvalue weighted by Crippen LogP contribution is 2.25. The number of carbonyl (C=O) groups excluding carboxylic acids is 1. The number of para-hydroxylation sites is 1. The van der Waals surface area contributed by atoms with Crippen LogP contribution in [0.5, 0.6) is 5.75 Å². The van der Waals surface area contributed by atoms with Crippen LogP contribution >= 0.6 is 0 Å². The van der Waals surface area contributed by atoms with Crippen molar-refractivity contribution < 1.29 is 22.9 Å². The molecule has 0 heterocycles. The number of sulfonamides is 1. The van der Waals surface area contributed by atoms with Gasteiger partial charge in [0.25, 0.3) is 5.69 Å². The maximum Gasteiger partial charge on any atom is 0.271 e. The maximum absolute atomic E-state index is 12.7. The number of nitrogens with one attached hydrogen (secondary N) is 1. The number of non-ortho nitro benzene ring substituents is 1. The van der Waals surface area contributed by atoms with Crippen molar-refractivity contribution >= 4 is 27.3 Å². The fraction of sp³-hybridized carbons (Fsp3) is 0.316. The first-order valence-corrected chi connectivity index (χ1v) is 10.7. The van der Waals surface area contributed by atoms with Crippen molar-refractivity contribution in [1.29, 1.82) is 0 Å². The Morgan fingerprint density at radius 1 is 1.24 bits per heavy atom. The van der Waals surface area contributed by atoms with Gasteiger partial charge >= 0.3 is 0 Å². The fourth-order valence-corrected chi connectivity index (χ4v) is 4.00. The first kappa shape index (κ1) is 22.2. The molecule has 0 fully saturated rings. The number of rotatable bonds is 9. The van der Waals surface area contributed by atoms with Crippen molar-refractivity contribution in [3.05, 3.63) is 64.2 Å². The average Bonchev–Trinajstić information content (AvgIpc) is 2.66.